The van der Waals surface area contributed by atoms with Gasteiger partial charge in [0.2, 0.25) is 11.4 Å². The molecule has 0 amide bonds. The lowest BCUT2D eigenvalue weighted by Crippen LogP contribution is -2.16. The van der Waals surface area contributed by atoms with Crippen molar-refractivity contribution in [3.8, 4) is 5.75 Å². The highest BCUT2D eigenvalue weighted by Crippen LogP contribution is 2.42. The molecule has 8 rings (SSSR count). The van der Waals surface area contributed by atoms with E-state index in [4.69, 9.17) is 4.74 Å². The second-order valence-corrected chi connectivity index (χ2v) is 15.5. The van der Waals surface area contributed by atoms with Crippen LogP contribution in [0.4, 0.5) is 5.69 Å². The molecule has 0 saturated heterocycles. The average molecular weight is 712 g/mol. The molecule has 6 aromatic rings. The molecular formula is C51H55N2O+. The summed E-state index contributed by atoms with van der Waals surface area (Å²) in [5, 5.41) is 8.06. The zero-order valence-corrected chi connectivity index (χ0v) is 32.7. The fraction of sp³-hybridized carbons (Fsp3) is 0.314. The van der Waals surface area contributed by atoms with Gasteiger partial charge in [-0.2, -0.15) is 4.58 Å². The van der Waals surface area contributed by atoms with Crippen LogP contribution >= 0.6 is 0 Å². The minimum absolute atomic E-state index is 0.528. The van der Waals surface area contributed by atoms with Crippen LogP contribution in [0.2, 0.25) is 0 Å². The zero-order valence-electron chi connectivity index (χ0n) is 32.7. The lowest BCUT2D eigenvalue weighted by Gasteiger charge is -2.27. The van der Waals surface area contributed by atoms with Crippen molar-refractivity contribution in [1.29, 1.82) is 0 Å². The van der Waals surface area contributed by atoms with E-state index in [-0.39, 0.29) is 0 Å². The van der Waals surface area contributed by atoms with Crippen LogP contribution in [0.3, 0.4) is 0 Å². The predicted octanol–water partition coefficient (Wildman–Crippen LogP) is 12.7. The van der Waals surface area contributed by atoms with Crippen molar-refractivity contribution in [2.45, 2.75) is 85.6 Å². The number of rotatable bonds is 14. The van der Waals surface area contributed by atoms with Crippen molar-refractivity contribution >= 4 is 55.5 Å². The summed E-state index contributed by atoms with van der Waals surface area (Å²) in [4.78, 5) is 0. The van der Waals surface area contributed by atoms with Gasteiger partial charge in [-0.05, 0) is 95.0 Å². The van der Waals surface area contributed by atoms with E-state index in [9.17, 15) is 0 Å². The smallest absolute Gasteiger partial charge is 0.214 e. The highest BCUT2D eigenvalue weighted by molar-refractivity contribution is 6.19. The topological polar surface area (TPSA) is 17.2 Å². The normalized spacial score (nSPS) is 17.1. The lowest BCUT2D eigenvalue weighted by molar-refractivity contribution is -0.436. The Morgan fingerprint density at radius 3 is 2.22 bits per heavy atom. The first-order chi connectivity index (χ1) is 26.6. The van der Waals surface area contributed by atoms with Gasteiger partial charge in [0.25, 0.3) is 0 Å². The van der Waals surface area contributed by atoms with Gasteiger partial charge in [-0.3, -0.25) is 0 Å². The van der Waals surface area contributed by atoms with Crippen LogP contribution in [0.15, 0.2) is 126 Å². The molecule has 1 aliphatic carbocycles. The molecule has 274 valence electrons. The van der Waals surface area contributed by atoms with E-state index in [1.54, 1.807) is 0 Å². The summed E-state index contributed by atoms with van der Waals surface area (Å²) in [7, 11) is 0. The Morgan fingerprint density at radius 2 is 1.44 bits per heavy atom. The largest absolute Gasteiger partial charge is 0.494 e. The van der Waals surface area contributed by atoms with Crippen molar-refractivity contribution in [3.05, 3.63) is 143 Å². The highest BCUT2D eigenvalue weighted by atomic mass is 16.5. The summed E-state index contributed by atoms with van der Waals surface area (Å²) in [5.41, 5.74) is 10.8. The maximum Gasteiger partial charge on any atom is 0.214 e. The van der Waals surface area contributed by atoms with Gasteiger partial charge in [-0.1, -0.05) is 126 Å². The van der Waals surface area contributed by atoms with Crippen LogP contribution in [0.25, 0.3) is 44.1 Å². The summed E-state index contributed by atoms with van der Waals surface area (Å²) in [5.74, 6) is 1.48. The Kier molecular flexibility index (Phi) is 10.7. The van der Waals surface area contributed by atoms with Gasteiger partial charge in [0.15, 0.2) is 0 Å². The molecule has 0 radical (unpaired) electrons. The summed E-state index contributed by atoms with van der Waals surface area (Å²) >= 11 is 0. The average Bonchev–Trinajstić information content (AvgIpc) is 3.67. The van der Waals surface area contributed by atoms with Crippen molar-refractivity contribution < 1.29 is 9.31 Å². The maximum atomic E-state index is 6.13. The molecule has 1 unspecified atom stereocenters. The fourth-order valence-electron chi connectivity index (χ4n) is 8.86. The van der Waals surface area contributed by atoms with E-state index >= 15 is 0 Å². The van der Waals surface area contributed by atoms with Crippen LogP contribution in [0.1, 0.15) is 90.2 Å². The van der Waals surface area contributed by atoms with Gasteiger partial charge in [0.05, 0.1) is 17.6 Å². The molecule has 0 fully saturated rings. The van der Waals surface area contributed by atoms with Gasteiger partial charge in [0, 0.05) is 46.7 Å². The van der Waals surface area contributed by atoms with Gasteiger partial charge in [-0.25, -0.2) is 0 Å². The maximum absolute atomic E-state index is 6.13. The van der Waals surface area contributed by atoms with Crippen molar-refractivity contribution in [1.82, 2.24) is 4.57 Å². The summed E-state index contributed by atoms with van der Waals surface area (Å²) in [6.07, 6.45) is 18.7. The number of hydrogen-bond donors (Lipinski definition) is 0. The molecule has 0 spiro atoms. The van der Waals surface area contributed by atoms with E-state index in [2.05, 4.69) is 158 Å². The Morgan fingerprint density at radius 1 is 0.722 bits per heavy atom. The van der Waals surface area contributed by atoms with E-state index in [1.807, 2.05) is 0 Å². The highest BCUT2D eigenvalue weighted by Gasteiger charge is 2.30. The predicted molar refractivity (Wildman–Crippen MR) is 231 cm³/mol. The second kappa shape index (κ2) is 16.1. The molecule has 2 aliphatic rings. The molecule has 1 aromatic heterocycles. The number of aromatic nitrogens is 1. The quantitative estimate of drug-likeness (QED) is 0.0812. The third-order valence-corrected chi connectivity index (χ3v) is 11.5. The summed E-state index contributed by atoms with van der Waals surface area (Å²) in [6.45, 7) is 12.0. The SMILES string of the molecule is CCCCOc1ccc(C2=C(/C=C/C3=[N+](CCCC)c4cccc5cccc3c45)CC(C)C/C2=C\C=c2/c3cccc4cccc(c43)n2CCCC)cc1. The Labute approximate surface area is 321 Å². The zero-order chi connectivity index (χ0) is 37.0. The van der Waals surface area contributed by atoms with Gasteiger partial charge >= 0.3 is 0 Å². The summed E-state index contributed by atoms with van der Waals surface area (Å²) in [6, 6.07) is 36.0. The van der Waals surface area contributed by atoms with Crippen LogP contribution in [-0.2, 0) is 6.54 Å². The Balaban J connectivity index is 1.29. The minimum Gasteiger partial charge on any atom is -0.494 e. The van der Waals surface area contributed by atoms with Gasteiger partial charge < -0.3 is 9.30 Å². The first-order valence-electron chi connectivity index (χ1n) is 20.6. The van der Waals surface area contributed by atoms with E-state index in [0.29, 0.717) is 5.92 Å². The third kappa shape index (κ3) is 6.86. The Bertz CT molecular complexity index is 2480. The van der Waals surface area contributed by atoms with Gasteiger partial charge in [0.1, 0.15) is 12.3 Å². The molecule has 54 heavy (non-hydrogen) atoms. The van der Waals surface area contributed by atoms with E-state index in [1.165, 1.54) is 89.9 Å². The standard InChI is InChI=1S/C51H55N2O/c1-5-8-31-52-45(43-19-11-15-37-17-13-21-47(52)50(37)43)29-25-40-34-36(4)35-41(49(40)39-23-27-42(28-24-39)54-33-10-7-3)26-30-46-44-20-12-16-38-18-14-22-48(51(38)44)53(46)32-9-6-2/h11-30,36H,5-10,31-35H2,1-4H3/q+1. The van der Waals surface area contributed by atoms with Gasteiger partial charge in [-0.15, -0.1) is 0 Å². The lowest BCUT2D eigenvalue weighted by atomic mass is 9.78. The molecule has 0 bridgehead atoms. The van der Waals surface area contributed by atoms with Crippen LogP contribution in [-0.4, -0.2) is 28.0 Å². The monoisotopic (exact) mass is 711 g/mol. The number of aryl methyl sites for hydroxylation is 1. The number of allylic oxidation sites excluding steroid dienone is 6. The molecule has 0 N–H and O–H groups in total. The van der Waals surface area contributed by atoms with Crippen LogP contribution in [0, 0.1) is 5.92 Å². The molecular weight excluding hydrogens is 657 g/mol. The second-order valence-electron chi connectivity index (χ2n) is 15.5. The molecule has 3 heteroatoms. The number of unbranched alkanes of at least 4 members (excludes halogenated alkanes) is 3. The van der Waals surface area contributed by atoms with Crippen molar-refractivity contribution in [2.24, 2.45) is 5.92 Å². The molecule has 1 aliphatic heterocycles. The summed E-state index contributed by atoms with van der Waals surface area (Å²) < 4.78 is 11.3. The minimum atomic E-state index is 0.528. The van der Waals surface area contributed by atoms with Crippen molar-refractivity contribution in [2.75, 3.05) is 13.2 Å². The number of nitrogens with zero attached hydrogens (tertiary/aromatic N) is 2. The number of benzene rings is 5. The third-order valence-electron chi connectivity index (χ3n) is 11.5. The Hall–Kier alpha value is -5.15. The van der Waals surface area contributed by atoms with Crippen LogP contribution < -0.4 is 10.1 Å². The van der Waals surface area contributed by atoms with E-state index < -0.39 is 0 Å². The van der Waals surface area contributed by atoms with Crippen LogP contribution in [0.5, 0.6) is 5.75 Å². The fourth-order valence-corrected chi connectivity index (χ4v) is 8.86. The number of hydrogen-bond acceptors (Lipinski definition) is 1. The van der Waals surface area contributed by atoms with Crippen molar-refractivity contribution in [3.63, 3.8) is 0 Å². The molecule has 3 nitrogen and oxygen atoms in total. The number of ether oxygens (including phenoxy) is 1. The molecule has 2 heterocycles. The van der Waals surface area contributed by atoms with E-state index in [0.717, 1.165) is 64.0 Å². The molecule has 1 atom stereocenters. The first kappa shape index (κ1) is 35.9. The molecule has 0 saturated carbocycles. The first-order valence-corrected chi connectivity index (χ1v) is 20.6. The molecule has 5 aromatic carbocycles.